The average molecular weight is 212 g/mol. The van der Waals surface area contributed by atoms with Crippen molar-refractivity contribution in [3.8, 4) is 5.75 Å². The molecule has 0 unspecified atom stereocenters. The molecule has 0 aliphatic rings. The Morgan fingerprint density at radius 1 is 1.40 bits per heavy atom. The van der Waals surface area contributed by atoms with Crippen molar-refractivity contribution in [3.63, 3.8) is 0 Å². The maximum atomic E-state index is 12.9. The number of carbonyl (C=O) groups is 1. The standard InChI is InChI=1S/C11H13FO3/c1-8(13)10-7-9(12)3-4-11(10)15-6-5-14-2/h3-4,7H,5-6H2,1-2H3. The summed E-state index contributed by atoms with van der Waals surface area (Å²) >= 11 is 0. The quantitative estimate of drug-likeness (QED) is 0.553. The molecule has 3 nitrogen and oxygen atoms in total. The lowest BCUT2D eigenvalue weighted by molar-refractivity contribution is 0.100. The number of hydrogen-bond acceptors (Lipinski definition) is 3. The maximum Gasteiger partial charge on any atom is 0.163 e. The van der Waals surface area contributed by atoms with Gasteiger partial charge in [-0.2, -0.15) is 0 Å². The largest absolute Gasteiger partial charge is 0.490 e. The summed E-state index contributed by atoms with van der Waals surface area (Å²) in [5.74, 6) is -0.276. The number of halogens is 1. The lowest BCUT2D eigenvalue weighted by Crippen LogP contribution is -2.07. The minimum Gasteiger partial charge on any atom is -0.490 e. The Morgan fingerprint density at radius 3 is 2.73 bits per heavy atom. The third-order valence-electron chi connectivity index (χ3n) is 1.87. The van der Waals surface area contributed by atoms with Crippen LogP contribution in [0.1, 0.15) is 17.3 Å². The van der Waals surface area contributed by atoms with Crippen LogP contribution in [-0.4, -0.2) is 26.1 Å². The molecule has 0 bridgehead atoms. The van der Waals surface area contributed by atoms with E-state index in [1.807, 2.05) is 0 Å². The summed E-state index contributed by atoms with van der Waals surface area (Å²) < 4.78 is 22.9. The number of methoxy groups -OCH3 is 1. The number of ketones is 1. The van der Waals surface area contributed by atoms with E-state index in [2.05, 4.69) is 0 Å². The highest BCUT2D eigenvalue weighted by Gasteiger charge is 2.09. The SMILES string of the molecule is COCCOc1ccc(F)cc1C(C)=O. The summed E-state index contributed by atoms with van der Waals surface area (Å²) in [5.41, 5.74) is 0.256. The molecule has 0 atom stereocenters. The zero-order chi connectivity index (χ0) is 11.3. The second-order valence-electron chi connectivity index (χ2n) is 3.04. The number of Topliss-reactive ketones (excluding diaryl/α,β-unsaturated/α-hetero) is 1. The fourth-order valence-electron chi connectivity index (χ4n) is 1.14. The van der Waals surface area contributed by atoms with Gasteiger partial charge in [0, 0.05) is 7.11 Å². The van der Waals surface area contributed by atoms with E-state index >= 15 is 0 Å². The zero-order valence-electron chi connectivity index (χ0n) is 8.75. The van der Waals surface area contributed by atoms with E-state index in [9.17, 15) is 9.18 Å². The molecule has 1 rings (SSSR count). The minimum atomic E-state index is -0.445. The van der Waals surface area contributed by atoms with Gasteiger partial charge in [-0.1, -0.05) is 0 Å². The van der Waals surface area contributed by atoms with Crippen molar-refractivity contribution in [1.82, 2.24) is 0 Å². The van der Waals surface area contributed by atoms with Crippen molar-refractivity contribution in [2.45, 2.75) is 6.92 Å². The van der Waals surface area contributed by atoms with Crippen LogP contribution in [0.2, 0.25) is 0 Å². The van der Waals surface area contributed by atoms with Crippen LogP contribution in [0.5, 0.6) is 5.75 Å². The molecule has 0 saturated carbocycles. The van der Waals surface area contributed by atoms with Crippen molar-refractivity contribution in [1.29, 1.82) is 0 Å². The highest BCUT2D eigenvalue weighted by Crippen LogP contribution is 2.20. The molecule has 0 amide bonds. The van der Waals surface area contributed by atoms with Gasteiger partial charge >= 0.3 is 0 Å². The van der Waals surface area contributed by atoms with E-state index in [1.54, 1.807) is 7.11 Å². The van der Waals surface area contributed by atoms with Gasteiger partial charge in [0.25, 0.3) is 0 Å². The van der Waals surface area contributed by atoms with E-state index in [-0.39, 0.29) is 11.3 Å². The van der Waals surface area contributed by atoms with Crippen molar-refractivity contribution >= 4 is 5.78 Å². The first-order valence-electron chi connectivity index (χ1n) is 4.57. The van der Waals surface area contributed by atoms with E-state index < -0.39 is 5.82 Å². The number of hydrogen-bond donors (Lipinski definition) is 0. The van der Waals surface area contributed by atoms with Gasteiger partial charge in [0.15, 0.2) is 5.78 Å². The highest BCUT2D eigenvalue weighted by molar-refractivity contribution is 5.96. The van der Waals surface area contributed by atoms with Gasteiger partial charge in [-0.25, -0.2) is 4.39 Å². The molecule has 0 N–H and O–H groups in total. The van der Waals surface area contributed by atoms with E-state index in [0.717, 1.165) is 0 Å². The molecule has 0 heterocycles. The van der Waals surface area contributed by atoms with Crippen LogP contribution in [-0.2, 0) is 4.74 Å². The number of carbonyl (C=O) groups excluding carboxylic acids is 1. The van der Waals surface area contributed by atoms with E-state index in [0.29, 0.717) is 19.0 Å². The highest BCUT2D eigenvalue weighted by atomic mass is 19.1. The molecule has 0 spiro atoms. The van der Waals surface area contributed by atoms with Crippen molar-refractivity contribution in [3.05, 3.63) is 29.6 Å². The van der Waals surface area contributed by atoms with Crippen LogP contribution >= 0.6 is 0 Å². The van der Waals surface area contributed by atoms with Crippen molar-refractivity contribution in [2.75, 3.05) is 20.3 Å². The Hall–Kier alpha value is -1.42. The predicted octanol–water partition coefficient (Wildman–Crippen LogP) is 2.05. The van der Waals surface area contributed by atoms with Crippen LogP contribution < -0.4 is 4.74 Å². The average Bonchev–Trinajstić information content (AvgIpc) is 2.20. The first-order chi connectivity index (χ1) is 7.15. The fourth-order valence-corrected chi connectivity index (χ4v) is 1.14. The van der Waals surface area contributed by atoms with Crippen molar-refractivity contribution in [2.24, 2.45) is 0 Å². The number of ether oxygens (including phenoxy) is 2. The Kier molecular flexibility index (Phi) is 4.24. The summed E-state index contributed by atoms with van der Waals surface area (Å²) in [4.78, 5) is 11.2. The van der Waals surface area contributed by atoms with Crippen LogP contribution in [0.4, 0.5) is 4.39 Å². The number of benzene rings is 1. The van der Waals surface area contributed by atoms with Gasteiger partial charge in [0.1, 0.15) is 18.2 Å². The lowest BCUT2D eigenvalue weighted by atomic mass is 10.1. The Morgan fingerprint density at radius 2 is 2.13 bits per heavy atom. The van der Waals surface area contributed by atoms with Crippen LogP contribution in [0.15, 0.2) is 18.2 Å². The topological polar surface area (TPSA) is 35.5 Å². The monoisotopic (exact) mass is 212 g/mol. The summed E-state index contributed by atoms with van der Waals surface area (Å²) in [7, 11) is 1.56. The second-order valence-corrected chi connectivity index (χ2v) is 3.04. The first-order valence-corrected chi connectivity index (χ1v) is 4.57. The molecule has 0 fully saturated rings. The van der Waals surface area contributed by atoms with Gasteiger partial charge in [-0.05, 0) is 25.1 Å². The Labute approximate surface area is 87.8 Å². The van der Waals surface area contributed by atoms with Gasteiger partial charge in [-0.3, -0.25) is 4.79 Å². The number of rotatable bonds is 5. The first kappa shape index (κ1) is 11.7. The van der Waals surface area contributed by atoms with Gasteiger partial charge in [0.05, 0.1) is 12.2 Å². The molecular weight excluding hydrogens is 199 g/mol. The second kappa shape index (κ2) is 5.46. The van der Waals surface area contributed by atoms with Gasteiger partial charge in [-0.15, -0.1) is 0 Å². The third-order valence-corrected chi connectivity index (χ3v) is 1.87. The summed E-state index contributed by atoms with van der Waals surface area (Å²) in [6, 6.07) is 3.88. The third kappa shape index (κ3) is 3.32. The van der Waals surface area contributed by atoms with E-state index in [1.165, 1.54) is 25.1 Å². The molecule has 0 saturated heterocycles. The Bertz CT molecular complexity index is 350. The molecular formula is C11H13FO3. The fraction of sp³-hybridized carbons (Fsp3) is 0.364. The van der Waals surface area contributed by atoms with Crippen molar-refractivity contribution < 1.29 is 18.7 Å². The zero-order valence-corrected chi connectivity index (χ0v) is 8.75. The molecule has 1 aromatic carbocycles. The maximum absolute atomic E-state index is 12.9. The molecule has 1 aromatic rings. The van der Waals surface area contributed by atoms with E-state index in [4.69, 9.17) is 9.47 Å². The Balaban J connectivity index is 2.81. The lowest BCUT2D eigenvalue weighted by Gasteiger charge is -2.09. The smallest absolute Gasteiger partial charge is 0.163 e. The summed E-state index contributed by atoms with van der Waals surface area (Å²) in [6.07, 6.45) is 0. The minimum absolute atomic E-state index is 0.220. The van der Waals surface area contributed by atoms with Crippen LogP contribution in [0, 0.1) is 5.82 Å². The molecule has 82 valence electrons. The summed E-state index contributed by atoms with van der Waals surface area (Å²) in [5, 5.41) is 0. The van der Waals surface area contributed by atoms with Crippen LogP contribution in [0.25, 0.3) is 0 Å². The normalized spacial score (nSPS) is 10.1. The molecule has 0 aromatic heterocycles. The molecule has 0 radical (unpaired) electrons. The molecule has 15 heavy (non-hydrogen) atoms. The summed E-state index contributed by atoms with van der Waals surface area (Å²) in [6.45, 7) is 2.13. The molecule has 0 aliphatic heterocycles. The molecule has 4 heteroatoms. The van der Waals surface area contributed by atoms with Crippen LogP contribution in [0.3, 0.4) is 0 Å². The predicted molar refractivity (Wildman–Crippen MR) is 53.8 cm³/mol. The van der Waals surface area contributed by atoms with Gasteiger partial charge < -0.3 is 9.47 Å². The molecule has 0 aliphatic carbocycles. The van der Waals surface area contributed by atoms with Gasteiger partial charge in [0.2, 0.25) is 0 Å².